The summed E-state index contributed by atoms with van der Waals surface area (Å²) in [6.07, 6.45) is 0. The molecule has 136 valence electrons. The number of Topliss-reactive ketones (excluding diaryl/α,β-unsaturated/α-hetero) is 1. The second-order valence-corrected chi connectivity index (χ2v) is 6.52. The van der Waals surface area contributed by atoms with Crippen LogP contribution in [-0.4, -0.2) is 29.2 Å². The van der Waals surface area contributed by atoms with E-state index >= 15 is 0 Å². The van der Waals surface area contributed by atoms with Gasteiger partial charge in [0.25, 0.3) is 5.91 Å². The molecule has 0 bridgehead atoms. The van der Waals surface area contributed by atoms with E-state index in [0.29, 0.717) is 11.3 Å². The summed E-state index contributed by atoms with van der Waals surface area (Å²) >= 11 is 0. The number of rotatable bonds is 4. The number of nitrogens with zero attached hydrogens (tertiary/aromatic N) is 1. The Morgan fingerprint density at radius 3 is 2.56 bits per heavy atom. The quantitative estimate of drug-likeness (QED) is 0.568. The van der Waals surface area contributed by atoms with Crippen LogP contribution >= 0.6 is 0 Å². The summed E-state index contributed by atoms with van der Waals surface area (Å²) in [5.41, 5.74) is -0.593. The fourth-order valence-corrected chi connectivity index (χ4v) is 3.11. The maximum atomic E-state index is 13.0. The molecular weight excluding hydrogens is 351 g/mol. The van der Waals surface area contributed by atoms with Gasteiger partial charge in [-0.3, -0.25) is 14.5 Å². The molecule has 1 aliphatic rings. The molecule has 27 heavy (non-hydrogen) atoms. The molecule has 7 heteroatoms. The number of ketones is 1. The largest absolute Gasteiger partial charge is 0.458 e. The first-order chi connectivity index (χ1) is 12.9. The molecule has 1 aliphatic heterocycles. The summed E-state index contributed by atoms with van der Waals surface area (Å²) in [7, 11) is 0. The molecule has 0 aliphatic carbocycles. The van der Waals surface area contributed by atoms with Crippen LogP contribution in [0.2, 0.25) is 0 Å². The second-order valence-electron chi connectivity index (χ2n) is 6.52. The normalized spacial score (nSPS) is 19.6. The number of amides is 3. The monoisotopic (exact) mass is 366 g/mol. The van der Waals surface area contributed by atoms with Gasteiger partial charge >= 0.3 is 6.03 Å². The van der Waals surface area contributed by atoms with Gasteiger partial charge in [0.1, 0.15) is 17.2 Å². The Balaban J connectivity index is 1.61. The van der Waals surface area contributed by atoms with E-state index in [0.717, 1.165) is 22.4 Å². The second kappa shape index (κ2) is 6.05. The Kier molecular flexibility index (Phi) is 3.80. The van der Waals surface area contributed by atoms with Crippen molar-refractivity contribution in [2.24, 2.45) is 0 Å². The van der Waals surface area contributed by atoms with Gasteiger partial charge < -0.3 is 9.73 Å². The average molecular weight is 366 g/mol. The molecule has 0 unspecified atom stereocenters. The van der Waals surface area contributed by atoms with Crippen LogP contribution in [0.15, 0.2) is 59.0 Å². The van der Waals surface area contributed by atoms with Crippen LogP contribution in [-0.2, 0) is 10.3 Å². The smallest absolute Gasteiger partial charge is 0.325 e. The highest BCUT2D eigenvalue weighted by molar-refractivity contribution is 6.11. The van der Waals surface area contributed by atoms with E-state index in [-0.39, 0.29) is 5.56 Å². The van der Waals surface area contributed by atoms with Crippen molar-refractivity contribution >= 4 is 28.7 Å². The maximum absolute atomic E-state index is 13.0. The SMILES string of the molecule is C[C@]1(c2cc3ccccc3o2)NC(=O)N(CC(=O)c2ccc(F)cc2)C1=O. The summed E-state index contributed by atoms with van der Waals surface area (Å²) in [6, 6.07) is 13.2. The third-order valence-electron chi connectivity index (χ3n) is 4.66. The van der Waals surface area contributed by atoms with Crippen molar-refractivity contribution in [1.29, 1.82) is 0 Å². The molecule has 2 heterocycles. The number of hydrogen-bond donors (Lipinski definition) is 1. The first kappa shape index (κ1) is 17.0. The van der Waals surface area contributed by atoms with Crippen molar-refractivity contribution in [3.05, 3.63) is 71.7 Å². The number of benzene rings is 2. The highest BCUT2D eigenvalue weighted by Crippen LogP contribution is 2.33. The molecule has 1 fully saturated rings. The van der Waals surface area contributed by atoms with Crippen molar-refractivity contribution in [3.8, 4) is 0 Å². The number of hydrogen-bond acceptors (Lipinski definition) is 4. The van der Waals surface area contributed by atoms with Crippen LogP contribution in [0.3, 0.4) is 0 Å². The number of carbonyl (C=O) groups is 3. The molecule has 3 aromatic rings. The Morgan fingerprint density at radius 2 is 1.85 bits per heavy atom. The summed E-state index contributed by atoms with van der Waals surface area (Å²) in [5.74, 6) is -1.23. The third-order valence-corrected chi connectivity index (χ3v) is 4.66. The Morgan fingerprint density at radius 1 is 1.15 bits per heavy atom. The Hall–Kier alpha value is -3.48. The number of furan rings is 1. The van der Waals surface area contributed by atoms with E-state index in [1.54, 1.807) is 18.2 Å². The van der Waals surface area contributed by atoms with E-state index in [1.165, 1.54) is 19.1 Å². The highest BCUT2D eigenvalue weighted by Gasteiger charge is 2.51. The van der Waals surface area contributed by atoms with Crippen LogP contribution in [0, 0.1) is 5.82 Å². The molecule has 3 amide bonds. The van der Waals surface area contributed by atoms with Crippen molar-refractivity contribution in [3.63, 3.8) is 0 Å². The molecule has 2 aromatic carbocycles. The Labute approximate surface area is 153 Å². The van der Waals surface area contributed by atoms with Crippen molar-refractivity contribution in [2.75, 3.05) is 6.54 Å². The fraction of sp³-hybridized carbons (Fsp3) is 0.150. The molecule has 1 atom stereocenters. The number of para-hydroxylation sites is 1. The van der Waals surface area contributed by atoms with Crippen LogP contribution < -0.4 is 5.32 Å². The molecule has 4 rings (SSSR count). The molecule has 6 nitrogen and oxygen atoms in total. The number of halogens is 1. The van der Waals surface area contributed by atoms with Crippen molar-refractivity contribution in [1.82, 2.24) is 10.2 Å². The highest BCUT2D eigenvalue weighted by atomic mass is 19.1. The summed E-state index contributed by atoms with van der Waals surface area (Å²) in [6.45, 7) is 1.10. The van der Waals surface area contributed by atoms with Crippen molar-refractivity contribution in [2.45, 2.75) is 12.5 Å². The number of fused-ring (bicyclic) bond motifs is 1. The van der Waals surface area contributed by atoms with Crippen LogP contribution in [0.5, 0.6) is 0 Å². The zero-order valence-corrected chi connectivity index (χ0v) is 14.4. The van der Waals surface area contributed by atoms with Gasteiger partial charge in [-0.25, -0.2) is 9.18 Å². The number of nitrogens with one attached hydrogen (secondary N) is 1. The predicted octanol–water partition coefficient (Wildman–Crippen LogP) is 3.22. The lowest BCUT2D eigenvalue weighted by atomic mass is 9.98. The Bertz CT molecular complexity index is 1040. The molecular formula is C20H15FN2O4. The van der Waals surface area contributed by atoms with Crippen LogP contribution in [0.1, 0.15) is 23.0 Å². The van der Waals surface area contributed by atoms with Crippen molar-refractivity contribution < 1.29 is 23.2 Å². The van der Waals surface area contributed by atoms with Gasteiger partial charge in [-0.15, -0.1) is 0 Å². The standard InChI is InChI=1S/C20H15FN2O4/c1-20(17-10-13-4-2-3-5-16(13)27-17)18(25)23(19(26)22-20)11-15(24)12-6-8-14(21)9-7-12/h2-10H,11H2,1H3,(H,22,26)/t20-/m1/s1. The van der Waals surface area contributed by atoms with E-state index in [2.05, 4.69) is 5.32 Å². The van der Waals surface area contributed by atoms with E-state index in [4.69, 9.17) is 4.42 Å². The lowest BCUT2D eigenvalue weighted by Crippen LogP contribution is -2.41. The predicted molar refractivity (Wildman–Crippen MR) is 94.5 cm³/mol. The zero-order valence-electron chi connectivity index (χ0n) is 14.4. The van der Waals surface area contributed by atoms with Gasteiger partial charge in [-0.1, -0.05) is 18.2 Å². The lowest BCUT2D eigenvalue weighted by Gasteiger charge is -2.18. The van der Waals surface area contributed by atoms with E-state index < -0.39 is 35.6 Å². The average Bonchev–Trinajstić information content (AvgIpc) is 3.18. The topological polar surface area (TPSA) is 79.6 Å². The minimum absolute atomic E-state index is 0.217. The van der Waals surface area contributed by atoms with Gasteiger partial charge in [0.05, 0.1) is 6.54 Å². The third kappa shape index (κ3) is 2.77. The van der Waals surface area contributed by atoms with Gasteiger partial charge in [-0.2, -0.15) is 0 Å². The minimum Gasteiger partial charge on any atom is -0.458 e. The molecule has 1 saturated heterocycles. The number of urea groups is 1. The summed E-state index contributed by atoms with van der Waals surface area (Å²) in [4.78, 5) is 38.5. The molecule has 1 N–H and O–H groups in total. The van der Waals surface area contributed by atoms with Gasteiger partial charge in [0.2, 0.25) is 0 Å². The molecule has 0 radical (unpaired) electrons. The summed E-state index contributed by atoms with van der Waals surface area (Å²) in [5, 5.41) is 3.41. The molecule has 0 spiro atoms. The first-order valence-corrected chi connectivity index (χ1v) is 8.30. The van der Waals surface area contributed by atoms with Gasteiger partial charge in [0.15, 0.2) is 11.3 Å². The zero-order chi connectivity index (χ0) is 19.2. The van der Waals surface area contributed by atoms with Gasteiger partial charge in [0, 0.05) is 10.9 Å². The fourth-order valence-electron chi connectivity index (χ4n) is 3.11. The van der Waals surface area contributed by atoms with Crippen LogP contribution in [0.25, 0.3) is 11.0 Å². The molecule has 1 aromatic heterocycles. The molecule has 0 saturated carbocycles. The lowest BCUT2D eigenvalue weighted by molar-refractivity contribution is -0.131. The van der Waals surface area contributed by atoms with Crippen LogP contribution in [0.4, 0.5) is 9.18 Å². The van der Waals surface area contributed by atoms with E-state index in [1.807, 2.05) is 12.1 Å². The maximum Gasteiger partial charge on any atom is 0.325 e. The van der Waals surface area contributed by atoms with Gasteiger partial charge in [-0.05, 0) is 43.3 Å². The summed E-state index contributed by atoms with van der Waals surface area (Å²) < 4.78 is 18.7. The first-order valence-electron chi connectivity index (χ1n) is 8.30. The number of carbonyl (C=O) groups excluding carboxylic acids is 3. The number of imide groups is 1. The minimum atomic E-state index is -1.40. The van der Waals surface area contributed by atoms with E-state index in [9.17, 15) is 18.8 Å².